The van der Waals surface area contributed by atoms with E-state index < -0.39 is 0 Å². The van der Waals surface area contributed by atoms with E-state index in [1.807, 2.05) is 13.0 Å². The first kappa shape index (κ1) is 15.5. The molecule has 112 valence electrons. The molecule has 0 fully saturated rings. The quantitative estimate of drug-likeness (QED) is 0.662. The summed E-state index contributed by atoms with van der Waals surface area (Å²) in [6.07, 6.45) is 2.63. The Kier molecular flexibility index (Phi) is 3.54. The number of benzene rings is 1. The minimum atomic E-state index is -0.130. The standard InChI is InChI=1S/C17H22N2O2/c1-10-13(19-11(2)21)7-12-14(15(10)18-9-20)17(5,6)8-16(12,3)4/h7H,8H2,1-6H3,(H,19,21). The van der Waals surface area contributed by atoms with E-state index >= 15 is 0 Å². The van der Waals surface area contributed by atoms with Crippen molar-refractivity contribution < 1.29 is 9.59 Å². The highest BCUT2D eigenvalue weighted by molar-refractivity contribution is 5.91. The van der Waals surface area contributed by atoms with E-state index in [4.69, 9.17) is 0 Å². The summed E-state index contributed by atoms with van der Waals surface area (Å²) in [5, 5.41) is 2.84. The summed E-state index contributed by atoms with van der Waals surface area (Å²) in [4.78, 5) is 26.2. The third kappa shape index (κ3) is 2.52. The van der Waals surface area contributed by atoms with Gasteiger partial charge >= 0.3 is 0 Å². The van der Waals surface area contributed by atoms with Crippen LogP contribution in [0.3, 0.4) is 0 Å². The fourth-order valence-electron chi connectivity index (χ4n) is 3.78. The second-order valence-corrected chi connectivity index (χ2v) is 7.15. The molecule has 0 saturated carbocycles. The van der Waals surface area contributed by atoms with Gasteiger partial charge in [-0.2, -0.15) is 4.99 Å². The second-order valence-electron chi connectivity index (χ2n) is 7.15. The Morgan fingerprint density at radius 3 is 2.43 bits per heavy atom. The monoisotopic (exact) mass is 286 g/mol. The molecule has 4 heteroatoms. The highest BCUT2D eigenvalue weighted by Gasteiger charge is 2.44. The fourth-order valence-corrected chi connectivity index (χ4v) is 3.78. The summed E-state index contributed by atoms with van der Waals surface area (Å²) in [5.41, 5.74) is 4.36. The van der Waals surface area contributed by atoms with E-state index in [9.17, 15) is 9.59 Å². The molecular formula is C17H22N2O2. The largest absolute Gasteiger partial charge is 0.326 e. The maximum Gasteiger partial charge on any atom is 0.240 e. The molecule has 1 aliphatic carbocycles. The van der Waals surface area contributed by atoms with Crippen molar-refractivity contribution in [1.29, 1.82) is 0 Å². The summed E-state index contributed by atoms with van der Waals surface area (Å²) in [5.74, 6) is -0.130. The van der Waals surface area contributed by atoms with Crippen LogP contribution in [-0.4, -0.2) is 12.0 Å². The smallest absolute Gasteiger partial charge is 0.240 e. The first-order valence-corrected chi connectivity index (χ1v) is 7.14. The molecule has 0 aliphatic heterocycles. The molecule has 0 bridgehead atoms. The van der Waals surface area contributed by atoms with Gasteiger partial charge in [0.2, 0.25) is 12.0 Å². The van der Waals surface area contributed by atoms with Crippen molar-refractivity contribution in [3.05, 3.63) is 22.8 Å². The lowest BCUT2D eigenvalue weighted by Crippen LogP contribution is -2.18. The van der Waals surface area contributed by atoms with E-state index in [-0.39, 0.29) is 16.7 Å². The van der Waals surface area contributed by atoms with E-state index in [0.29, 0.717) is 5.69 Å². The van der Waals surface area contributed by atoms with Crippen LogP contribution in [0.4, 0.5) is 11.4 Å². The maximum atomic E-state index is 11.4. The van der Waals surface area contributed by atoms with Crippen molar-refractivity contribution in [2.24, 2.45) is 4.99 Å². The minimum Gasteiger partial charge on any atom is -0.326 e. The number of carbonyl (C=O) groups excluding carboxylic acids is 2. The van der Waals surface area contributed by atoms with Gasteiger partial charge in [-0.1, -0.05) is 27.7 Å². The number of aliphatic imine (C=N–C) groups is 1. The Hall–Kier alpha value is -1.93. The molecular weight excluding hydrogens is 264 g/mol. The molecule has 1 aliphatic rings. The van der Waals surface area contributed by atoms with Gasteiger partial charge in [-0.3, -0.25) is 4.79 Å². The summed E-state index contributed by atoms with van der Waals surface area (Å²) < 4.78 is 0. The van der Waals surface area contributed by atoms with E-state index in [1.54, 1.807) is 6.08 Å². The van der Waals surface area contributed by atoms with Crippen LogP contribution in [0, 0.1) is 6.92 Å². The molecule has 1 N–H and O–H groups in total. The van der Waals surface area contributed by atoms with Crippen molar-refractivity contribution in [3.8, 4) is 0 Å². The zero-order chi connectivity index (χ0) is 16.0. The third-order valence-electron chi connectivity index (χ3n) is 4.31. The van der Waals surface area contributed by atoms with Crippen LogP contribution >= 0.6 is 0 Å². The molecule has 1 aromatic carbocycles. The number of amides is 1. The van der Waals surface area contributed by atoms with Gasteiger partial charge in [0, 0.05) is 12.6 Å². The molecule has 0 heterocycles. The van der Waals surface area contributed by atoms with Gasteiger partial charge in [0.15, 0.2) is 0 Å². The Morgan fingerprint density at radius 1 is 1.29 bits per heavy atom. The van der Waals surface area contributed by atoms with Crippen molar-refractivity contribution in [3.63, 3.8) is 0 Å². The molecule has 0 radical (unpaired) electrons. The molecule has 0 atom stereocenters. The average molecular weight is 286 g/mol. The molecule has 1 aromatic rings. The van der Waals surface area contributed by atoms with Gasteiger partial charge in [-0.05, 0) is 46.9 Å². The summed E-state index contributed by atoms with van der Waals surface area (Å²) in [7, 11) is 0. The van der Waals surface area contributed by atoms with Gasteiger partial charge in [-0.15, -0.1) is 0 Å². The first-order chi connectivity index (χ1) is 9.60. The minimum absolute atomic E-state index is 0.0209. The van der Waals surface area contributed by atoms with E-state index in [0.717, 1.165) is 28.8 Å². The maximum absolute atomic E-state index is 11.4. The van der Waals surface area contributed by atoms with Crippen LogP contribution in [0.1, 0.15) is 57.7 Å². The number of fused-ring (bicyclic) bond motifs is 1. The van der Waals surface area contributed by atoms with Gasteiger partial charge in [0.25, 0.3) is 0 Å². The number of nitrogens with one attached hydrogen (secondary N) is 1. The summed E-state index contributed by atoms with van der Waals surface area (Å²) >= 11 is 0. The lowest BCUT2D eigenvalue weighted by atomic mass is 9.81. The topological polar surface area (TPSA) is 58.5 Å². The zero-order valence-corrected chi connectivity index (χ0v) is 13.5. The predicted molar refractivity (Wildman–Crippen MR) is 83.9 cm³/mol. The van der Waals surface area contributed by atoms with Gasteiger partial charge in [-0.25, -0.2) is 4.79 Å². The average Bonchev–Trinajstić information content (AvgIpc) is 2.49. The van der Waals surface area contributed by atoms with Crippen molar-refractivity contribution >= 4 is 23.4 Å². The van der Waals surface area contributed by atoms with Gasteiger partial charge in [0.05, 0.1) is 5.69 Å². The van der Waals surface area contributed by atoms with Crippen molar-refractivity contribution in [1.82, 2.24) is 0 Å². The van der Waals surface area contributed by atoms with Crippen LogP contribution in [0.25, 0.3) is 0 Å². The van der Waals surface area contributed by atoms with Crippen LogP contribution < -0.4 is 5.32 Å². The SMILES string of the molecule is CC(=O)Nc1cc2c(c(N=C=O)c1C)C(C)(C)CC2(C)C. The van der Waals surface area contributed by atoms with Crippen LogP contribution in [0.2, 0.25) is 0 Å². The predicted octanol–water partition coefficient (Wildman–Crippen LogP) is 3.88. The third-order valence-corrected chi connectivity index (χ3v) is 4.31. The Balaban J connectivity index is 2.83. The lowest BCUT2D eigenvalue weighted by Gasteiger charge is -2.23. The zero-order valence-electron chi connectivity index (χ0n) is 13.5. The summed E-state index contributed by atoms with van der Waals surface area (Å²) in [6.45, 7) is 12.1. The molecule has 0 aromatic heterocycles. The highest BCUT2D eigenvalue weighted by atomic mass is 16.1. The van der Waals surface area contributed by atoms with Crippen molar-refractivity contribution in [2.75, 3.05) is 5.32 Å². The van der Waals surface area contributed by atoms with Crippen LogP contribution in [-0.2, 0) is 20.4 Å². The van der Waals surface area contributed by atoms with Crippen LogP contribution in [0.5, 0.6) is 0 Å². The van der Waals surface area contributed by atoms with Gasteiger partial charge < -0.3 is 5.32 Å². The number of nitrogens with zero attached hydrogens (tertiary/aromatic N) is 1. The lowest BCUT2D eigenvalue weighted by molar-refractivity contribution is -0.114. The molecule has 2 rings (SSSR count). The molecule has 4 nitrogen and oxygen atoms in total. The number of hydrogen-bond acceptors (Lipinski definition) is 3. The fraction of sp³-hybridized carbons (Fsp3) is 0.529. The van der Waals surface area contributed by atoms with Gasteiger partial charge in [0.1, 0.15) is 0 Å². The van der Waals surface area contributed by atoms with Crippen LogP contribution in [0.15, 0.2) is 11.1 Å². The first-order valence-electron chi connectivity index (χ1n) is 7.14. The molecule has 1 amide bonds. The van der Waals surface area contributed by atoms with Crippen molar-refractivity contribution in [2.45, 2.75) is 58.8 Å². The Morgan fingerprint density at radius 2 is 1.90 bits per heavy atom. The van der Waals surface area contributed by atoms with E-state index in [1.165, 1.54) is 6.92 Å². The Labute approximate surface area is 125 Å². The molecule has 21 heavy (non-hydrogen) atoms. The highest BCUT2D eigenvalue weighted by Crippen LogP contribution is 2.54. The number of anilines is 1. The molecule has 0 unspecified atom stereocenters. The number of hydrogen-bond donors (Lipinski definition) is 1. The van der Waals surface area contributed by atoms with E-state index in [2.05, 4.69) is 38.0 Å². The summed E-state index contributed by atoms with van der Waals surface area (Å²) in [6, 6.07) is 2.03. The second kappa shape index (κ2) is 4.81. The number of isocyanates is 1. The molecule has 0 spiro atoms. The Bertz CT molecular complexity index is 666. The normalized spacial score (nSPS) is 17.8. The number of carbonyl (C=O) groups is 1. The number of rotatable bonds is 2. The molecule has 0 saturated heterocycles.